The Hall–Kier alpha value is -2.86. The molecule has 4 rings (SSSR count). The number of rotatable bonds is 7. The molecule has 2 aromatic rings. The molecule has 0 radical (unpaired) electrons. The van der Waals surface area contributed by atoms with E-state index >= 15 is 0 Å². The van der Waals surface area contributed by atoms with Crippen molar-refractivity contribution < 1.29 is 19.1 Å². The first-order valence-electron chi connectivity index (χ1n) is 11.6. The second-order valence-corrected chi connectivity index (χ2v) is 8.58. The maximum absolute atomic E-state index is 13.8. The predicted octanol–water partition coefficient (Wildman–Crippen LogP) is 4.54. The third-order valence-corrected chi connectivity index (χ3v) is 6.49. The van der Waals surface area contributed by atoms with Gasteiger partial charge in [0.25, 0.3) is 0 Å². The largest absolute Gasteiger partial charge is 0.462 e. The molecule has 0 aromatic heterocycles. The number of esters is 1. The van der Waals surface area contributed by atoms with Gasteiger partial charge < -0.3 is 19.7 Å². The number of morpholine rings is 1. The molecule has 0 spiro atoms. The Morgan fingerprint density at radius 1 is 1.06 bits per heavy atom. The van der Waals surface area contributed by atoms with Crippen LogP contribution in [0, 0.1) is 0 Å². The lowest BCUT2D eigenvalue weighted by Crippen LogP contribution is -2.40. The summed E-state index contributed by atoms with van der Waals surface area (Å²) < 4.78 is 10.8. The van der Waals surface area contributed by atoms with Gasteiger partial charge in [0.05, 0.1) is 42.2 Å². The van der Waals surface area contributed by atoms with Gasteiger partial charge in [-0.05, 0) is 43.0 Å². The zero-order valence-electron chi connectivity index (χ0n) is 18.8. The van der Waals surface area contributed by atoms with Crippen molar-refractivity contribution in [2.45, 2.75) is 44.4 Å². The monoisotopic (exact) mass is 436 g/mol. The number of hydrogen-bond acceptors (Lipinski definition) is 5. The summed E-state index contributed by atoms with van der Waals surface area (Å²) in [6.07, 6.45) is 4.48. The number of benzene rings is 2. The van der Waals surface area contributed by atoms with Crippen LogP contribution in [-0.4, -0.2) is 44.8 Å². The Labute approximate surface area is 189 Å². The standard InChI is InChI=1S/C26H32N2O4/c1-2-16-32-24(29)20-10-11-23(28-14-17-31-18-15-28)22(19-20)27-25(30)26(12-6-7-13-26)21-8-4-3-5-9-21/h3-5,8-11,19H,2,6-7,12-18H2,1H3,(H,27,30). The zero-order valence-corrected chi connectivity index (χ0v) is 18.8. The summed E-state index contributed by atoms with van der Waals surface area (Å²) in [6.45, 7) is 5.11. The van der Waals surface area contributed by atoms with Crippen LogP contribution in [0.3, 0.4) is 0 Å². The number of carbonyl (C=O) groups is 2. The molecule has 1 aliphatic carbocycles. The molecule has 1 saturated carbocycles. The van der Waals surface area contributed by atoms with E-state index in [1.165, 1.54) is 0 Å². The molecule has 2 aliphatic rings. The summed E-state index contributed by atoms with van der Waals surface area (Å²) in [5.74, 6) is -0.371. The molecule has 2 aromatic carbocycles. The quantitative estimate of drug-likeness (QED) is 0.646. The molecule has 2 fully saturated rings. The topological polar surface area (TPSA) is 67.9 Å². The van der Waals surface area contributed by atoms with Crippen LogP contribution in [0.5, 0.6) is 0 Å². The fourth-order valence-corrected chi connectivity index (χ4v) is 4.75. The lowest BCUT2D eigenvalue weighted by molar-refractivity contribution is -0.121. The highest BCUT2D eigenvalue weighted by Crippen LogP contribution is 2.42. The highest BCUT2D eigenvalue weighted by molar-refractivity contribution is 6.03. The average Bonchev–Trinajstić information content (AvgIpc) is 3.35. The van der Waals surface area contributed by atoms with Crippen LogP contribution in [0.2, 0.25) is 0 Å². The van der Waals surface area contributed by atoms with E-state index in [0.717, 1.165) is 56.4 Å². The SMILES string of the molecule is CCCOC(=O)c1ccc(N2CCOCC2)c(NC(=O)C2(c3ccccc3)CCCC2)c1. The Bertz CT molecular complexity index is 932. The first-order chi connectivity index (χ1) is 15.6. The van der Waals surface area contributed by atoms with Crippen molar-refractivity contribution >= 4 is 23.3 Å². The summed E-state index contributed by atoms with van der Waals surface area (Å²) in [6, 6.07) is 15.5. The van der Waals surface area contributed by atoms with Gasteiger partial charge in [-0.25, -0.2) is 4.79 Å². The van der Waals surface area contributed by atoms with Crippen LogP contribution >= 0.6 is 0 Å². The summed E-state index contributed by atoms with van der Waals surface area (Å²) in [5.41, 5.74) is 2.54. The minimum absolute atomic E-state index is 0.00483. The van der Waals surface area contributed by atoms with E-state index in [0.29, 0.717) is 31.1 Å². The average molecular weight is 437 g/mol. The van der Waals surface area contributed by atoms with Gasteiger partial charge in [0, 0.05) is 13.1 Å². The van der Waals surface area contributed by atoms with Crippen LogP contribution in [0.1, 0.15) is 54.9 Å². The Morgan fingerprint density at radius 3 is 2.47 bits per heavy atom. The van der Waals surface area contributed by atoms with Gasteiger partial charge in [0.1, 0.15) is 0 Å². The van der Waals surface area contributed by atoms with Gasteiger partial charge in [-0.15, -0.1) is 0 Å². The van der Waals surface area contributed by atoms with Gasteiger partial charge in [-0.3, -0.25) is 4.79 Å². The first kappa shape index (κ1) is 22.3. The Morgan fingerprint density at radius 2 is 1.78 bits per heavy atom. The molecular formula is C26H32N2O4. The molecule has 1 N–H and O–H groups in total. The van der Waals surface area contributed by atoms with Crippen molar-refractivity contribution in [2.24, 2.45) is 0 Å². The van der Waals surface area contributed by atoms with Crippen molar-refractivity contribution in [3.8, 4) is 0 Å². The van der Waals surface area contributed by atoms with Crippen LogP contribution in [0.15, 0.2) is 48.5 Å². The maximum atomic E-state index is 13.8. The molecule has 1 saturated heterocycles. The number of hydrogen-bond donors (Lipinski definition) is 1. The van der Waals surface area contributed by atoms with Gasteiger partial charge >= 0.3 is 5.97 Å². The van der Waals surface area contributed by atoms with Crippen LogP contribution in [0.4, 0.5) is 11.4 Å². The molecule has 6 nitrogen and oxygen atoms in total. The van der Waals surface area contributed by atoms with Gasteiger partial charge in [-0.1, -0.05) is 50.1 Å². The number of ether oxygens (including phenoxy) is 2. The van der Waals surface area contributed by atoms with E-state index in [-0.39, 0.29) is 11.9 Å². The van der Waals surface area contributed by atoms with Gasteiger partial charge in [-0.2, -0.15) is 0 Å². The van der Waals surface area contributed by atoms with Crippen molar-refractivity contribution in [3.05, 3.63) is 59.7 Å². The van der Waals surface area contributed by atoms with E-state index in [1.807, 2.05) is 43.3 Å². The Balaban J connectivity index is 1.66. The minimum atomic E-state index is -0.539. The maximum Gasteiger partial charge on any atom is 0.338 e. The van der Waals surface area contributed by atoms with E-state index in [9.17, 15) is 9.59 Å². The number of nitrogens with zero attached hydrogens (tertiary/aromatic N) is 1. The van der Waals surface area contributed by atoms with Crippen molar-refractivity contribution in [1.82, 2.24) is 0 Å². The van der Waals surface area contributed by atoms with Crippen molar-refractivity contribution in [2.75, 3.05) is 43.1 Å². The summed E-state index contributed by atoms with van der Waals surface area (Å²) in [7, 11) is 0. The third kappa shape index (κ3) is 4.65. The summed E-state index contributed by atoms with van der Waals surface area (Å²) in [4.78, 5) is 28.5. The highest BCUT2D eigenvalue weighted by atomic mass is 16.5. The molecule has 32 heavy (non-hydrogen) atoms. The minimum Gasteiger partial charge on any atom is -0.462 e. The van der Waals surface area contributed by atoms with E-state index in [4.69, 9.17) is 9.47 Å². The fourth-order valence-electron chi connectivity index (χ4n) is 4.75. The Kier molecular flexibility index (Phi) is 7.10. The van der Waals surface area contributed by atoms with Crippen molar-refractivity contribution in [1.29, 1.82) is 0 Å². The normalized spacial score (nSPS) is 17.7. The lowest BCUT2D eigenvalue weighted by Gasteiger charge is -2.33. The summed E-state index contributed by atoms with van der Waals surface area (Å²) in [5, 5.41) is 3.21. The highest BCUT2D eigenvalue weighted by Gasteiger charge is 2.43. The van der Waals surface area contributed by atoms with Gasteiger partial charge in [0.2, 0.25) is 5.91 Å². The first-order valence-corrected chi connectivity index (χ1v) is 11.6. The van der Waals surface area contributed by atoms with E-state index in [1.54, 1.807) is 12.1 Å². The van der Waals surface area contributed by atoms with Crippen LogP contribution < -0.4 is 10.2 Å². The molecule has 1 aliphatic heterocycles. The molecule has 1 amide bonds. The zero-order chi connectivity index (χ0) is 22.4. The molecule has 0 unspecified atom stereocenters. The molecule has 170 valence electrons. The van der Waals surface area contributed by atoms with E-state index in [2.05, 4.69) is 10.2 Å². The molecule has 6 heteroatoms. The van der Waals surface area contributed by atoms with Crippen molar-refractivity contribution in [3.63, 3.8) is 0 Å². The second-order valence-electron chi connectivity index (χ2n) is 8.58. The second kappa shape index (κ2) is 10.2. The van der Waals surface area contributed by atoms with Gasteiger partial charge in [0.15, 0.2) is 0 Å². The molecule has 1 heterocycles. The molecular weight excluding hydrogens is 404 g/mol. The van der Waals surface area contributed by atoms with Crippen LogP contribution in [-0.2, 0) is 19.7 Å². The molecule has 0 atom stereocenters. The van der Waals surface area contributed by atoms with E-state index < -0.39 is 5.41 Å². The van der Waals surface area contributed by atoms with Crippen LogP contribution in [0.25, 0.3) is 0 Å². The summed E-state index contributed by atoms with van der Waals surface area (Å²) >= 11 is 0. The third-order valence-electron chi connectivity index (χ3n) is 6.49. The fraction of sp³-hybridized carbons (Fsp3) is 0.462. The number of anilines is 2. The number of nitrogens with one attached hydrogen (secondary N) is 1. The smallest absolute Gasteiger partial charge is 0.338 e. The molecule has 0 bridgehead atoms. The lowest BCUT2D eigenvalue weighted by atomic mass is 9.78. The predicted molar refractivity (Wildman–Crippen MR) is 125 cm³/mol. The number of amides is 1. The number of carbonyl (C=O) groups excluding carboxylic acids is 2.